The van der Waals surface area contributed by atoms with Crippen LogP contribution >= 0.6 is 34.8 Å². The third-order valence-electron chi connectivity index (χ3n) is 5.29. The monoisotopic (exact) mass is 512 g/mol. The second kappa shape index (κ2) is 9.10. The van der Waals surface area contributed by atoms with E-state index in [2.05, 4.69) is 15.1 Å². The molecule has 34 heavy (non-hydrogen) atoms. The summed E-state index contributed by atoms with van der Waals surface area (Å²) in [7, 11) is 1.55. The fraction of sp³-hybridized carbons (Fsp3) is 0.0833. The van der Waals surface area contributed by atoms with Gasteiger partial charge >= 0.3 is 0 Å². The fourth-order valence-corrected chi connectivity index (χ4v) is 4.45. The van der Waals surface area contributed by atoms with Crippen LogP contribution in [0.5, 0.6) is 5.75 Å². The lowest BCUT2D eigenvalue weighted by molar-refractivity contribution is 0.0995. The van der Waals surface area contributed by atoms with Crippen LogP contribution in [0.3, 0.4) is 0 Å². The van der Waals surface area contributed by atoms with Crippen LogP contribution < -0.4 is 4.74 Å². The molecule has 0 atom stereocenters. The lowest BCUT2D eigenvalue weighted by Crippen LogP contribution is -2.04. The van der Waals surface area contributed by atoms with Gasteiger partial charge in [-0.25, -0.2) is 0 Å². The lowest BCUT2D eigenvalue weighted by Gasteiger charge is -2.10. The highest BCUT2D eigenvalue weighted by atomic mass is 35.5. The number of hydrogen-bond acceptors (Lipinski definition) is 6. The van der Waals surface area contributed by atoms with E-state index in [9.17, 15) is 4.79 Å². The summed E-state index contributed by atoms with van der Waals surface area (Å²) in [4.78, 5) is 21.9. The summed E-state index contributed by atoms with van der Waals surface area (Å²) < 4.78 is 12.4. The molecule has 170 valence electrons. The Kier molecular flexibility index (Phi) is 6.00. The van der Waals surface area contributed by atoms with E-state index >= 15 is 0 Å². The van der Waals surface area contributed by atoms with Gasteiger partial charge < -0.3 is 13.8 Å². The number of carbonyl (C=O) groups excluding carboxylic acids is 1. The number of pyridine rings is 1. The highest BCUT2D eigenvalue weighted by Crippen LogP contribution is 2.36. The molecule has 7 nitrogen and oxygen atoms in total. The minimum absolute atomic E-state index is 0.200. The first-order chi connectivity index (χ1) is 16.5. The maximum absolute atomic E-state index is 13.5. The first kappa shape index (κ1) is 22.4. The Morgan fingerprint density at radius 2 is 1.94 bits per heavy atom. The Morgan fingerprint density at radius 1 is 1.09 bits per heavy atom. The van der Waals surface area contributed by atoms with E-state index in [1.54, 1.807) is 60.3 Å². The van der Waals surface area contributed by atoms with Gasteiger partial charge in [-0.2, -0.15) is 4.98 Å². The van der Waals surface area contributed by atoms with Crippen molar-refractivity contribution < 1.29 is 14.1 Å². The zero-order valence-corrected chi connectivity index (χ0v) is 19.9. The lowest BCUT2D eigenvalue weighted by atomic mass is 10.1. The summed E-state index contributed by atoms with van der Waals surface area (Å²) >= 11 is 19.2. The largest absolute Gasteiger partial charge is 0.497 e. The quantitative estimate of drug-likeness (QED) is 0.247. The van der Waals surface area contributed by atoms with E-state index < -0.39 is 5.78 Å². The summed E-state index contributed by atoms with van der Waals surface area (Å²) in [5.74, 6) is 0.0572. The first-order valence-corrected chi connectivity index (χ1v) is 11.2. The second-order valence-corrected chi connectivity index (χ2v) is 8.54. The van der Waals surface area contributed by atoms with E-state index in [1.165, 1.54) is 0 Å². The predicted molar refractivity (Wildman–Crippen MR) is 130 cm³/mol. The number of halogens is 3. The molecule has 0 aliphatic heterocycles. The van der Waals surface area contributed by atoms with Crippen LogP contribution in [0.4, 0.5) is 0 Å². The van der Waals surface area contributed by atoms with Gasteiger partial charge in [0.2, 0.25) is 5.82 Å². The zero-order valence-electron chi connectivity index (χ0n) is 17.6. The third-order valence-corrected chi connectivity index (χ3v) is 6.27. The summed E-state index contributed by atoms with van der Waals surface area (Å²) in [6.07, 6.45) is 1.60. The van der Waals surface area contributed by atoms with Gasteiger partial charge in [-0.05, 0) is 48.0 Å². The number of ether oxygens (including phenoxy) is 1. The fourth-order valence-electron chi connectivity index (χ4n) is 3.64. The molecule has 0 aliphatic carbocycles. The van der Waals surface area contributed by atoms with Crippen LogP contribution in [0.15, 0.2) is 65.3 Å². The Balaban J connectivity index is 1.62. The molecule has 0 unspecified atom stereocenters. The molecule has 5 aromatic rings. The molecule has 3 aromatic heterocycles. The van der Waals surface area contributed by atoms with Gasteiger partial charge in [0.1, 0.15) is 16.6 Å². The van der Waals surface area contributed by atoms with Crippen LogP contribution in [0.1, 0.15) is 21.8 Å². The first-order valence-electron chi connectivity index (χ1n) is 10.1. The molecule has 0 fully saturated rings. The van der Waals surface area contributed by atoms with Gasteiger partial charge in [0.05, 0.1) is 24.7 Å². The van der Waals surface area contributed by atoms with Gasteiger partial charge in [-0.15, -0.1) is 0 Å². The van der Waals surface area contributed by atoms with Crippen molar-refractivity contribution in [3.05, 3.63) is 93.0 Å². The van der Waals surface area contributed by atoms with Crippen molar-refractivity contribution >= 4 is 51.5 Å². The topological polar surface area (TPSA) is 83.0 Å². The van der Waals surface area contributed by atoms with Crippen LogP contribution in [0, 0.1) is 0 Å². The number of carbonyl (C=O) groups is 1. The van der Waals surface area contributed by atoms with E-state index in [-0.39, 0.29) is 22.4 Å². The molecule has 2 aromatic carbocycles. The molecule has 3 heterocycles. The molecule has 0 saturated heterocycles. The number of methoxy groups -OCH3 is 1. The second-order valence-electron chi connectivity index (χ2n) is 7.34. The number of aromatic nitrogens is 4. The smallest absolute Gasteiger partial charge is 0.299 e. The van der Waals surface area contributed by atoms with Crippen molar-refractivity contribution in [2.75, 3.05) is 7.11 Å². The SMILES string of the molecule is COc1ccc2c(c1)c(C(=O)c1nc(-c3ccccn3)no1)c(Cl)n2Cc1ccc(Cl)cc1Cl. The molecule has 0 saturated carbocycles. The van der Waals surface area contributed by atoms with Crippen LogP contribution in [-0.4, -0.2) is 32.6 Å². The van der Waals surface area contributed by atoms with E-state index in [0.717, 1.165) is 5.56 Å². The highest BCUT2D eigenvalue weighted by molar-refractivity contribution is 6.37. The van der Waals surface area contributed by atoms with Crippen LogP contribution in [-0.2, 0) is 6.54 Å². The van der Waals surface area contributed by atoms with Crippen molar-refractivity contribution in [3.8, 4) is 17.3 Å². The summed E-state index contributed by atoms with van der Waals surface area (Å²) in [6, 6.07) is 15.9. The normalized spacial score (nSPS) is 11.2. The standard InChI is InChI=1S/C24H15Cl3N4O3/c1-33-15-7-8-19-16(11-15)20(22(27)31(19)12-13-5-6-14(25)10-17(13)26)21(32)24-29-23(30-34-24)18-4-2-3-9-28-18/h2-11H,12H2,1H3. The van der Waals surface area contributed by atoms with Crippen molar-refractivity contribution in [2.24, 2.45) is 0 Å². The molecule has 5 rings (SSSR count). The number of benzene rings is 2. The van der Waals surface area contributed by atoms with E-state index in [1.807, 2.05) is 12.1 Å². The number of ketones is 1. The Morgan fingerprint density at radius 3 is 2.68 bits per heavy atom. The summed E-state index contributed by atoms with van der Waals surface area (Å²) in [5.41, 5.74) is 2.20. The molecule has 0 N–H and O–H groups in total. The molecule has 0 amide bonds. The van der Waals surface area contributed by atoms with Gasteiger partial charge in [0, 0.05) is 21.6 Å². The van der Waals surface area contributed by atoms with E-state index in [0.29, 0.717) is 38.9 Å². The molecular formula is C24H15Cl3N4O3. The molecule has 0 bridgehead atoms. The molecule has 10 heteroatoms. The average Bonchev–Trinajstić information content (AvgIpc) is 3.44. The van der Waals surface area contributed by atoms with Gasteiger partial charge in [-0.3, -0.25) is 9.78 Å². The van der Waals surface area contributed by atoms with Gasteiger partial charge in [-0.1, -0.05) is 52.1 Å². The highest BCUT2D eigenvalue weighted by Gasteiger charge is 2.28. The number of rotatable bonds is 6. The summed E-state index contributed by atoms with van der Waals surface area (Å²) in [6.45, 7) is 0.313. The maximum Gasteiger partial charge on any atom is 0.299 e. The van der Waals surface area contributed by atoms with Gasteiger partial charge in [0.25, 0.3) is 11.7 Å². The van der Waals surface area contributed by atoms with Gasteiger partial charge in [0.15, 0.2) is 0 Å². The molecule has 0 aliphatic rings. The number of nitrogens with zero attached hydrogens (tertiary/aromatic N) is 4. The maximum atomic E-state index is 13.5. The van der Waals surface area contributed by atoms with Crippen molar-refractivity contribution in [1.29, 1.82) is 0 Å². The zero-order chi connectivity index (χ0) is 23.8. The average molecular weight is 514 g/mol. The Hall–Kier alpha value is -3.39. The predicted octanol–water partition coefficient (Wildman–Crippen LogP) is 6.33. The van der Waals surface area contributed by atoms with Crippen molar-refractivity contribution in [3.63, 3.8) is 0 Å². The molecule has 0 spiro atoms. The minimum atomic E-state index is -0.515. The Bertz CT molecular complexity index is 1530. The Labute approximate surface area is 208 Å². The molecular weight excluding hydrogens is 499 g/mol. The van der Waals surface area contributed by atoms with Crippen molar-refractivity contribution in [1.82, 2.24) is 19.7 Å². The number of fused-ring (bicyclic) bond motifs is 1. The minimum Gasteiger partial charge on any atom is -0.497 e. The number of hydrogen-bond donors (Lipinski definition) is 0. The molecule has 0 radical (unpaired) electrons. The van der Waals surface area contributed by atoms with Crippen LogP contribution in [0.2, 0.25) is 15.2 Å². The third kappa shape index (κ3) is 4.03. The van der Waals surface area contributed by atoms with E-state index in [4.69, 9.17) is 44.1 Å². The summed E-state index contributed by atoms with van der Waals surface area (Å²) in [5, 5.41) is 5.70. The van der Waals surface area contributed by atoms with Crippen LogP contribution in [0.25, 0.3) is 22.4 Å². The van der Waals surface area contributed by atoms with Crippen molar-refractivity contribution in [2.45, 2.75) is 6.54 Å².